The van der Waals surface area contributed by atoms with Crippen molar-refractivity contribution in [1.82, 2.24) is 4.90 Å². The molecular weight excluding hydrogens is 398 g/mol. The van der Waals surface area contributed by atoms with Crippen LogP contribution in [0.1, 0.15) is 37.4 Å². The minimum Gasteiger partial charge on any atom is -0.455 e. The molecule has 0 radical (unpaired) electrons. The first-order valence-electron chi connectivity index (χ1n) is 9.72. The Morgan fingerprint density at radius 2 is 1.58 bits per heavy atom. The predicted molar refractivity (Wildman–Crippen MR) is 116 cm³/mol. The lowest BCUT2D eigenvalue weighted by Crippen LogP contribution is -2.33. The molecule has 0 aromatic heterocycles. The van der Waals surface area contributed by atoms with E-state index in [-0.39, 0.29) is 18.2 Å². The number of ether oxygens (including phenoxy) is 1. The summed E-state index contributed by atoms with van der Waals surface area (Å²) in [6.07, 6.45) is 3.41. The van der Waals surface area contributed by atoms with Crippen LogP contribution in [-0.2, 0) is 23.9 Å². The lowest BCUT2D eigenvalue weighted by atomic mass is 9.94. The van der Waals surface area contributed by atoms with Crippen LogP contribution in [0, 0.1) is 0 Å². The Morgan fingerprint density at radius 3 is 2.23 bits per heavy atom. The summed E-state index contributed by atoms with van der Waals surface area (Å²) < 4.78 is 5.13. The van der Waals surface area contributed by atoms with Crippen LogP contribution in [0.5, 0.6) is 0 Å². The van der Waals surface area contributed by atoms with Gasteiger partial charge in [-0.2, -0.15) is 0 Å². The molecule has 31 heavy (non-hydrogen) atoms. The standard InChI is InChI=1S/C23H23N3O5/c1-15(27)24-18-7-9-19(10-8-18)25-22(29)14-31-23(30)13-21-20-6-4-3-5-17(20)11-12-26(21)16(2)28/h3-12,21H,13-14H2,1-2H3,(H,24,27)(H,25,29)/t21-/m1/s1. The molecule has 3 rings (SSSR count). The average Bonchev–Trinajstić information content (AvgIpc) is 2.73. The van der Waals surface area contributed by atoms with Crippen LogP contribution in [-0.4, -0.2) is 35.2 Å². The van der Waals surface area contributed by atoms with E-state index in [1.165, 1.54) is 18.7 Å². The summed E-state index contributed by atoms with van der Waals surface area (Å²) in [4.78, 5) is 49.0. The molecule has 1 aliphatic rings. The molecule has 0 fully saturated rings. The Bertz CT molecular complexity index is 1030. The number of carbonyl (C=O) groups excluding carboxylic acids is 4. The molecule has 1 aliphatic heterocycles. The zero-order valence-electron chi connectivity index (χ0n) is 17.3. The van der Waals surface area contributed by atoms with Crippen molar-refractivity contribution in [2.45, 2.75) is 26.3 Å². The van der Waals surface area contributed by atoms with Gasteiger partial charge < -0.3 is 20.3 Å². The third-order valence-corrected chi connectivity index (χ3v) is 4.68. The van der Waals surface area contributed by atoms with Crippen LogP contribution in [0.2, 0.25) is 0 Å². The van der Waals surface area contributed by atoms with Crippen molar-refractivity contribution in [3.63, 3.8) is 0 Å². The van der Waals surface area contributed by atoms with Gasteiger partial charge in [0, 0.05) is 31.4 Å². The topological polar surface area (TPSA) is 105 Å². The van der Waals surface area contributed by atoms with Gasteiger partial charge >= 0.3 is 5.97 Å². The summed E-state index contributed by atoms with van der Waals surface area (Å²) in [6, 6.07) is 13.6. The fourth-order valence-electron chi connectivity index (χ4n) is 3.31. The van der Waals surface area contributed by atoms with Crippen LogP contribution in [0.3, 0.4) is 0 Å². The van der Waals surface area contributed by atoms with Crippen molar-refractivity contribution in [3.8, 4) is 0 Å². The van der Waals surface area contributed by atoms with Gasteiger partial charge in [-0.3, -0.25) is 19.2 Å². The highest BCUT2D eigenvalue weighted by Crippen LogP contribution is 2.33. The molecule has 0 unspecified atom stereocenters. The minimum absolute atomic E-state index is 0.0698. The number of amides is 3. The van der Waals surface area contributed by atoms with Crippen LogP contribution in [0.4, 0.5) is 11.4 Å². The highest BCUT2D eigenvalue weighted by atomic mass is 16.5. The Labute approximate surface area is 179 Å². The fourth-order valence-corrected chi connectivity index (χ4v) is 3.31. The van der Waals surface area contributed by atoms with Gasteiger partial charge in [-0.05, 0) is 41.5 Å². The largest absolute Gasteiger partial charge is 0.455 e. The second kappa shape index (κ2) is 9.71. The van der Waals surface area contributed by atoms with Crippen LogP contribution >= 0.6 is 0 Å². The number of benzene rings is 2. The number of fused-ring (bicyclic) bond motifs is 1. The number of nitrogens with zero attached hydrogens (tertiary/aromatic N) is 1. The van der Waals surface area contributed by atoms with E-state index in [1.807, 2.05) is 30.3 Å². The summed E-state index contributed by atoms with van der Waals surface area (Å²) in [5.74, 6) is -1.46. The number of hydrogen-bond donors (Lipinski definition) is 2. The van der Waals surface area contributed by atoms with E-state index < -0.39 is 24.5 Å². The van der Waals surface area contributed by atoms with Crippen molar-refractivity contribution in [2.24, 2.45) is 0 Å². The lowest BCUT2D eigenvalue weighted by Gasteiger charge is -2.32. The van der Waals surface area contributed by atoms with Crippen molar-refractivity contribution in [2.75, 3.05) is 17.2 Å². The van der Waals surface area contributed by atoms with Gasteiger partial charge in [-0.25, -0.2) is 0 Å². The SMILES string of the molecule is CC(=O)Nc1ccc(NC(=O)COC(=O)C[C@@H]2c3ccccc3C=CN2C(C)=O)cc1. The Morgan fingerprint density at radius 1 is 0.935 bits per heavy atom. The van der Waals surface area contributed by atoms with Crippen molar-refractivity contribution in [1.29, 1.82) is 0 Å². The molecule has 0 spiro atoms. The summed E-state index contributed by atoms with van der Waals surface area (Å²) in [7, 11) is 0. The van der Waals surface area contributed by atoms with E-state index in [9.17, 15) is 19.2 Å². The van der Waals surface area contributed by atoms with Gasteiger partial charge in [-0.1, -0.05) is 24.3 Å². The van der Waals surface area contributed by atoms with Crippen molar-refractivity contribution >= 4 is 41.1 Å². The smallest absolute Gasteiger partial charge is 0.308 e. The Kier molecular flexibility index (Phi) is 6.81. The highest BCUT2D eigenvalue weighted by molar-refractivity contribution is 5.93. The molecule has 0 saturated heterocycles. The fraction of sp³-hybridized carbons (Fsp3) is 0.217. The van der Waals surface area contributed by atoms with E-state index >= 15 is 0 Å². The first kappa shape index (κ1) is 21.8. The highest BCUT2D eigenvalue weighted by Gasteiger charge is 2.28. The molecule has 2 aromatic rings. The van der Waals surface area contributed by atoms with Gasteiger partial charge in [0.05, 0.1) is 12.5 Å². The molecule has 2 N–H and O–H groups in total. The van der Waals surface area contributed by atoms with Crippen LogP contribution in [0.15, 0.2) is 54.7 Å². The maximum Gasteiger partial charge on any atom is 0.308 e. The summed E-state index contributed by atoms with van der Waals surface area (Å²) >= 11 is 0. The first-order chi connectivity index (χ1) is 14.8. The normalized spacial score (nSPS) is 14.4. The third-order valence-electron chi connectivity index (χ3n) is 4.68. The van der Waals surface area contributed by atoms with E-state index in [1.54, 1.807) is 30.5 Å². The minimum atomic E-state index is -0.586. The van der Waals surface area contributed by atoms with Crippen LogP contribution < -0.4 is 10.6 Å². The van der Waals surface area contributed by atoms with Crippen molar-refractivity contribution in [3.05, 3.63) is 65.9 Å². The quantitative estimate of drug-likeness (QED) is 0.698. The number of nitrogens with one attached hydrogen (secondary N) is 2. The molecule has 160 valence electrons. The first-order valence-corrected chi connectivity index (χ1v) is 9.72. The van der Waals surface area contributed by atoms with E-state index in [0.717, 1.165) is 11.1 Å². The van der Waals surface area contributed by atoms with E-state index in [2.05, 4.69) is 10.6 Å². The number of rotatable bonds is 6. The monoisotopic (exact) mass is 421 g/mol. The molecule has 1 atom stereocenters. The molecular formula is C23H23N3O5. The molecule has 0 aliphatic carbocycles. The molecule has 1 heterocycles. The molecule has 0 saturated carbocycles. The number of anilines is 2. The van der Waals surface area contributed by atoms with Gasteiger partial charge in [-0.15, -0.1) is 0 Å². The maximum atomic E-state index is 12.4. The lowest BCUT2D eigenvalue weighted by molar-refractivity contribution is -0.149. The van der Waals surface area contributed by atoms with E-state index in [0.29, 0.717) is 11.4 Å². The van der Waals surface area contributed by atoms with Crippen LogP contribution in [0.25, 0.3) is 6.08 Å². The predicted octanol–water partition coefficient (Wildman–Crippen LogP) is 3.09. The summed E-state index contributed by atoms with van der Waals surface area (Å²) in [5.41, 5.74) is 2.89. The number of esters is 1. The maximum absolute atomic E-state index is 12.4. The van der Waals surface area contributed by atoms with E-state index in [4.69, 9.17) is 4.74 Å². The Balaban J connectivity index is 1.55. The van der Waals surface area contributed by atoms with Crippen molar-refractivity contribution < 1.29 is 23.9 Å². The molecule has 3 amide bonds. The zero-order chi connectivity index (χ0) is 22.4. The van der Waals surface area contributed by atoms with Gasteiger partial charge in [0.25, 0.3) is 5.91 Å². The molecule has 0 bridgehead atoms. The third kappa shape index (κ3) is 5.79. The molecule has 2 aromatic carbocycles. The summed E-state index contributed by atoms with van der Waals surface area (Å²) in [6.45, 7) is 2.39. The number of hydrogen-bond acceptors (Lipinski definition) is 5. The second-order valence-corrected chi connectivity index (χ2v) is 7.06. The number of carbonyl (C=O) groups is 4. The second-order valence-electron chi connectivity index (χ2n) is 7.06. The Hall–Kier alpha value is -3.94. The van der Waals surface area contributed by atoms with Gasteiger partial charge in [0.2, 0.25) is 11.8 Å². The zero-order valence-corrected chi connectivity index (χ0v) is 17.3. The van der Waals surface area contributed by atoms with Gasteiger partial charge in [0.1, 0.15) is 0 Å². The molecule has 8 heteroatoms. The summed E-state index contributed by atoms with van der Waals surface area (Å²) in [5, 5.41) is 5.25. The van der Waals surface area contributed by atoms with Gasteiger partial charge in [0.15, 0.2) is 6.61 Å². The molecule has 8 nitrogen and oxygen atoms in total. The average molecular weight is 421 g/mol.